The van der Waals surface area contributed by atoms with E-state index in [1.807, 2.05) is 0 Å². The molecule has 1 heterocycles. The Morgan fingerprint density at radius 3 is 2.71 bits per heavy atom. The van der Waals surface area contributed by atoms with Gasteiger partial charge < -0.3 is 14.9 Å². The molecule has 0 bridgehead atoms. The summed E-state index contributed by atoms with van der Waals surface area (Å²) in [6.07, 6.45) is 1.63. The Morgan fingerprint density at radius 2 is 2.18 bits per heavy atom. The molecule has 0 radical (unpaired) electrons. The second-order valence-corrected chi connectivity index (χ2v) is 10.9. The van der Waals surface area contributed by atoms with Gasteiger partial charge in [0.15, 0.2) is 6.73 Å². The van der Waals surface area contributed by atoms with Crippen molar-refractivity contribution in [1.82, 2.24) is 9.55 Å². The van der Waals surface area contributed by atoms with Crippen molar-refractivity contribution in [2.75, 3.05) is 6.61 Å². The summed E-state index contributed by atoms with van der Waals surface area (Å²) >= 11 is 0. The van der Waals surface area contributed by atoms with Crippen LogP contribution in [0.4, 0.5) is 5.95 Å². The predicted molar refractivity (Wildman–Crippen MR) is 67.7 cm³/mol. The third kappa shape index (κ3) is 4.66. The number of ether oxygens (including phenoxy) is 1. The third-order valence-corrected chi connectivity index (χ3v) is 3.97. The van der Waals surface area contributed by atoms with Crippen LogP contribution >= 0.6 is 0 Å². The molecule has 0 saturated carbocycles. The average Bonchev–Trinajstić information content (AvgIpc) is 2.53. The van der Waals surface area contributed by atoms with Crippen molar-refractivity contribution in [3.63, 3.8) is 0 Å². The van der Waals surface area contributed by atoms with E-state index in [-0.39, 0.29) is 12.7 Å². The number of imidazole rings is 1. The topological polar surface area (TPSA) is 70.2 Å². The lowest BCUT2D eigenvalue weighted by Crippen LogP contribution is -2.22. The molecule has 0 aliphatic carbocycles. The van der Waals surface area contributed by atoms with E-state index in [1.165, 1.54) is 4.57 Å². The number of aryl methyl sites for hydroxylation is 1. The van der Waals surface area contributed by atoms with Gasteiger partial charge in [0.1, 0.15) is 11.9 Å². The molecule has 1 aromatic rings. The molecule has 0 atom stereocenters. The van der Waals surface area contributed by atoms with E-state index >= 15 is 0 Å². The summed E-state index contributed by atoms with van der Waals surface area (Å²) in [4.78, 5) is 14.0. The predicted octanol–water partition coefficient (Wildman–Crippen LogP) is 2.41. The molecule has 6 nitrogen and oxygen atoms in total. The fourth-order valence-corrected chi connectivity index (χ4v) is 2.07. The van der Waals surface area contributed by atoms with Crippen LogP contribution in [0.1, 0.15) is 5.69 Å². The van der Waals surface area contributed by atoms with E-state index in [2.05, 4.69) is 24.6 Å². The molecule has 0 N–H and O–H groups in total. The molecule has 0 unspecified atom stereocenters. The van der Waals surface area contributed by atoms with Gasteiger partial charge in [-0.15, -0.1) is 0 Å². The van der Waals surface area contributed by atoms with Gasteiger partial charge in [-0.05, 0) is 17.9 Å². The summed E-state index contributed by atoms with van der Waals surface area (Å²) in [6, 6.07) is 1.05. The molecule has 0 aliphatic rings. The Kier molecular flexibility index (Phi) is 4.41. The van der Waals surface area contributed by atoms with Crippen LogP contribution in [-0.4, -0.2) is 29.2 Å². The maximum atomic E-state index is 10.7. The van der Waals surface area contributed by atoms with Gasteiger partial charge in [0.25, 0.3) is 0 Å². The summed E-state index contributed by atoms with van der Waals surface area (Å²) in [6.45, 7) is 9.36. The molecule has 96 valence electrons. The Morgan fingerprint density at radius 1 is 1.53 bits per heavy atom. The molecule has 0 aliphatic heterocycles. The highest BCUT2D eigenvalue weighted by Gasteiger charge is 2.17. The quantitative estimate of drug-likeness (QED) is 0.339. The van der Waals surface area contributed by atoms with Crippen LogP contribution in [0.25, 0.3) is 0 Å². The van der Waals surface area contributed by atoms with Gasteiger partial charge in [0, 0.05) is 14.7 Å². The second-order valence-electron chi connectivity index (χ2n) is 5.26. The van der Waals surface area contributed by atoms with Crippen LogP contribution in [0.15, 0.2) is 6.20 Å². The zero-order valence-corrected chi connectivity index (χ0v) is 11.8. The first-order valence-corrected chi connectivity index (χ1v) is 9.26. The molecule has 0 aromatic carbocycles. The van der Waals surface area contributed by atoms with E-state index in [0.717, 1.165) is 6.04 Å². The molecule has 0 saturated heterocycles. The molecule has 0 amide bonds. The second kappa shape index (κ2) is 5.41. The van der Waals surface area contributed by atoms with Crippen LogP contribution in [0.3, 0.4) is 0 Å². The van der Waals surface area contributed by atoms with E-state index in [4.69, 9.17) is 4.74 Å². The summed E-state index contributed by atoms with van der Waals surface area (Å²) in [5.41, 5.74) is 0.630. The number of aromatic nitrogens is 2. The van der Waals surface area contributed by atoms with Crippen LogP contribution < -0.4 is 0 Å². The molecule has 0 fully saturated rings. The monoisotopic (exact) mass is 257 g/mol. The zero-order valence-electron chi connectivity index (χ0n) is 10.8. The fraction of sp³-hybridized carbons (Fsp3) is 0.700. The minimum absolute atomic E-state index is 0.157. The first-order valence-electron chi connectivity index (χ1n) is 5.55. The van der Waals surface area contributed by atoms with Crippen molar-refractivity contribution in [3.8, 4) is 0 Å². The molecule has 1 aromatic heterocycles. The van der Waals surface area contributed by atoms with Crippen LogP contribution in [0, 0.1) is 17.0 Å². The van der Waals surface area contributed by atoms with Crippen LogP contribution in [0.5, 0.6) is 0 Å². The average molecular weight is 257 g/mol. The van der Waals surface area contributed by atoms with E-state index < -0.39 is 13.0 Å². The van der Waals surface area contributed by atoms with E-state index in [0.29, 0.717) is 12.3 Å². The molecule has 7 heteroatoms. The molecule has 1 rings (SSSR count). The first kappa shape index (κ1) is 13.9. The summed E-state index contributed by atoms with van der Waals surface area (Å²) < 4.78 is 6.88. The number of hydrogen-bond donors (Lipinski definition) is 0. The third-order valence-electron chi connectivity index (χ3n) is 2.27. The SMILES string of the molecule is Cc1cn(COCC[Si](C)(C)C)c([N+](=O)[O-])n1. The smallest absolute Gasteiger partial charge is 0.390 e. The standard InChI is InChI=1S/C10H19N3O3Si/c1-9-7-12(10(11-9)13(14)15)8-16-5-6-17(2,3)4/h7H,5-6,8H2,1-4H3. The number of rotatable bonds is 6. The summed E-state index contributed by atoms with van der Waals surface area (Å²) in [7, 11) is -1.11. The molecular formula is C10H19N3O3Si. The number of nitrogens with zero attached hydrogens (tertiary/aromatic N) is 3. The van der Waals surface area contributed by atoms with Gasteiger partial charge in [0.2, 0.25) is 0 Å². The normalized spacial score (nSPS) is 11.8. The molecular weight excluding hydrogens is 238 g/mol. The van der Waals surface area contributed by atoms with Gasteiger partial charge in [-0.25, -0.2) is 4.57 Å². The van der Waals surface area contributed by atoms with Crippen molar-refractivity contribution in [2.45, 2.75) is 39.3 Å². The summed E-state index contributed by atoms with van der Waals surface area (Å²) in [5, 5.41) is 10.7. The highest BCUT2D eigenvalue weighted by molar-refractivity contribution is 6.76. The number of hydrogen-bond acceptors (Lipinski definition) is 4. The fourth-order valence-electron chi connectivity index (χ4n) is 1.32. The van der Waals surface area contributed by atoms with Gasteiger partial charge in [-0.3, -0.25) is 0 Å². The van der Waals surface area contributed by atoms with Gasteiger partial charge in [-0.1, -0.05) is 24.6 Å². The minimum Gasteiger partial charge on any atom is -0.390 e. The lowest BCUT2D eigenvalue weighted by atomic mass is 10.6. The maximum absolute atomic E-state index is 10.7. The van der Waals surface area contributed by atoms with Crippen LogP contribution in [-0.2, 0) is 11.5 Å². The molecule has 0 spiro atoms. The maximum Gasteiger partial charge on any atom is 0.436 e. The Hall–Kier alpha value is -1.21. The van der Waals surface area contributed by atoms with Crippen molar-refractivity contribution in [1.29, 1.82) is 0 Å². The van der Waals surface area contributed by atoms with Crippen molar-refractivity contribution in [3.05, 3.63) is 22.0 Å². The van der Waals surface area contributed by atoms with Gasteiger partial charge in [0.05, 0.1) is 0 Å². The summed E-state index contributed by atoms with van der Waals surface area (Å²) in [5.74, 6) is -0.157. The van der Waals surface area contributed by atoms with E-state index in [1.54, 1.807) is 13.1 Å². The van der Waals surface area contributed by atoms with Crippen molar-refractivity contribution < 1.29 is 9.66 Å². The Labute approximate surface area is 102 Å². The highest BCUT2D eigenvalue weighted by Crippen LogP contribution is 2.12. The van der Waals surface area contributed by atoms with E-state index in [9.17, 15) is 10.1 Å². The number of nitro groups is 1. The Balaban J connectivity index is 2.49. The Bertz CT molecular complexity index is 398. The van der Waals surface area contributed by atoms with Gasteiger partial charge in [-0.2, -0.15) is 0 Å². The van der Waals surface area contributed by atoms with Crippen LogP contribution in [0.2, 0.25) is 25.7 Å². The zero-order chi connectivity index (χ0) is 13.1. The lowest BCUT2D eigenvalue weighted by molar-refractivity contribution is -0.397. The van der Waals surface area contributed by atoms with Crippen molar-refractivity contribution in [2.24, 2.45) is 0 Å². The first-order chi connectivity index (χ1) is 7.79. The highest BCUT2D eigenvalue weighted by atomic mass is 28.3. The van der Waals surface area contributed by atoms with Gasteiger partial charge >= 0.3 is 5.95 Å². The largest absolute Gasteiger partial charge is 0.436 e. The molecule has 17 heavy (non-hydrogen) atoms. The van der Waals surface area contributed by atoms with Crippen molar-refractivity contribution >= 4 is 14.0 Å². The lowest BCUT2D eigenvalue weighted by Gasteiger charge is -2.14. The minimum atomic E-state index is -1.11.